The number of nitrogens with two attached hydrogens (primary N) is 1. The lowest BCUT2D eigenvalue weighted by Gasteiger charge is -2.32. The van der Waals surface area contributed by atoms with E-state index in [-0.39, 0.29) is 39.8 Å². The number of anilines is 2. The zero-order chi connectivity index (χ0) is 27.8. The molecule has 1 atom stereocenters. The molecule has 3 rings (SSSR count). The van der Waals surface area contributed by atoms with Crippen molar-refractivity contribution in [2.75, 3.05) is 17.2 Å². The number of para-hydroxylation sites is 1. The van der Waals surface area contributed by atoms with Crippen molar-refractivity contribution in [2.45, 2.75) is 84.7 Å². The summed E-state index contributed by atoms with van der Waals surface area (Å²) >= 11 is 0.792. The van der Waals surface area contributed by atoms with E-state index in [2.05, 4.69) is 28.9 Å². The largest absolute Gasteiger partial charge is 0.395 e. The molecule has 8 nitrogen and oxygen atoms in total. The number of carbonyl (C=O) groups excluding carboxylic acids is 3. The van der Waals surface area contributed by atoms with E-state index in [0.717, 1.165) is 50.1 Å². The number of hydrogen-bond acceptors (Lipinski definition) is 6. The van der Waals surface area contributed by atoms with Gasteiger partial charge >= 0.3 is 0 Å². The highest BCUT2D eigenvalue weighted by atomic mass is 32.1. The van der Waals surface area contributed by atoms with Gasteiger partial charge in [0.25, 0.3) is 11.8 Å². The molecule has 208 valence electrons. The monoisotopic (exact) mass is 545 g/mol. The Kier molecular flexibility index (Phi) is 10.6. The van der Waals surface area contributed by atoms with Gasteiger partial charge in [-0.25, -0.2) is 4.39 Å². The van der Waals surface area contributed by atoms with E-state index < -0.39 is 23.7 Å². The van der Waals surface area contributed by atoms with Crippen molar-refractivity contribution in [3.63, 3.8) is 0 Å². The second kappa shape index (κ2) is 13.7. The molecule has 1 fully saturated rings. The molecular formula is C28H40FN5O3S. The molecule has 10 heteroatoms. The molecule has 3 amide bonds. The lowest BCUT2D eigenvalue weighted by molar-refractivity contribution is -0.122. The van der Waals surface area contributed by atoms with E-state index in [9.17, 15) is 14.4 Å². The second-order valence-electron chi connectivity index (χ2n) is 10.8. The molecule has 1 unspecified atom stereocenters. The van der Waals surface area contributed by atoms with Gasteiger partial charge in [-0.1, -0.05) is 59.1 Å². The molecule has 0 saturated heterocycles. The second-order valence-corrected chi connectivity index (χ2v) is 11.6. The van der Waals surface area contributed by atoms with Crippen LogP contribution >= 0.6 is 11.5 Å². The molecule has 38 heavy (non-hydrogen) atoms. The van der Waals surface area contributed by atoms with Crippen molar-refractivity contribution < 1.29 is 18.8 Å². The summed E-state index contributed by atoms with van der Waals surface area (Å²) in [6.07, 6.45) is 6.12. The third-order valence-corrected chi connectivity index (χ3v) is 7.59. The van der Waals surface area contributed by atoms with Crippen LogP contribution < -0.4 is 21.3 Å². The van der Waals surface area contributed by atoms with Crippen LogP contribution in [-0.2, 0) is 4.79 Å². The molecule has 1 heterocycles. The van der Waals surface area contributed by atoms with E-state index in [4.69, 9.17) is 5.73 Å². The van der Waals surface area contributed by atoms with Crippen LogP contribution in [0.25, 0.3) is 0 Å². The van der Waals surface area contributed by atoms with Crippen LogP contribution in [-0.4, -0.2) is 40.7 Å². The van der Waals surface area contributed by atoms with Crippen LogP contribution in [0.2, 0.25) is 0 Å². The minimum absolute atomic E-state index is 0.00536. The number of rotatable bonds is 11. The van der Waals surface area contributed by atoms with Crippen LogP contribution in [0, 0.1) is 17.7 Å². The van der Waals surface area contributed by atoms with Crippen molar-refractivity contribution in [2.24, 2.45) is 11.8 Å². The molecule has 1 aromatic heterocycles. The average molecular weight is 546 g/mol. The van der Waals surface area contributed by atoms with Crippen LogP contribution in [0.4, 0.5) is 15.8 Å². The molecule has 0 aliphatic heterocycles. The lowest BCUT2D eigenvalue weighted by atomic mass is 9.95. The number of hydrogen-bond donors (Lipinski definition) is 3. The molecule has 0 spiro atoms. The van der Waals surface area contributed by atoms with Gasteiger partial charge in [0.15, 0.2) is 5.69 Å². The summed E-state index contributed by atoms with van der Waals surface area (Å²) in [7, 11) is 0. The van der Waals surface area contributed by atoms with Crippen LogP contribution in [0.3, 0.4) is 0 Å². The molecule has 1 aliphatic carbocycles. The normalized spacial score (nSPS) is 14.9. The molecule has 4 N–H and O–H groups in total. The predicted octanol–water partition coefficient (Wildman–Crippen LogP) is 5.15. The third kappa shape index (κ3) is 7.52. The molecule has 1 aromatic carbocycles. The van der Waals surface area contributed by atoms with Gasteiger partial charge in [-0.15, -0.1) is 0 Å². The highest BCUT2D eigenvalue weighted by molar-refractivity contribution is 7.09. The minimum atomic E-state index is -0.979. The number of nitrogens with one attached hydrogen (secondary N) is 2. The maximum absolute atomic E-state index is 15.1. The van der Waals surface area contributed by atoms with Crippen molar-refractivity contribution in [1.82, 2.24) is 15.0 Å². The highest BCUT2D eigenvalue weighted by Gasteiger charge is 2.36. The maximum atomic E-state index is 15.1. The van der Waals surface area contributed by atoms with Gasteiger partial charge in [-0.2, -0.15) is 4.37 Å². The van der Waals surface area contributed by atoms with Gasteiger partial charge in [0.2, 0.25) is 5.91 Å². The third-order valence-electron chi connectivity index (χ3n) is 6.74. The van der Waals surface area contributed by atoms with Crippen molar-refractivity contribution >= 4 is 40.6 Å². The van der Waals surface area contributed by atoms with E-state index >= 15 is 4.39 Å². The summed E-state index contributed by atoms with van der Waals surface area (Å²) in [6, 6.07) is 4.93. The average Bonchev–Trinajstić information content (AvgIpc) is 3.26. The smallest absolute Gasteiger partial charge is 0.273 e. The first kappa shape index (κ1) is 29.5. The number of benzene rings is 1. The summed E-state index contributed by atoms with van der Waals surface area (Å²) in [6.45, 7) is 8.43. The van der Waals surface area contributed by atoms with Crippen molar-refractivity contribution in [3.05, 3.63) is 40.7 Å². The topological polar surface area (TPSA) is 117 Å². The van der Waals surface area contributed by atoms with E-state index in [1.807, 2.05) is 13.8 Å². The Balaban J connectivity index is 1.95. The summed E-state index contributed by atoms with van der Waals surface area (Å²) < 4.78 is 19.3. The number of halogens is 1. The Morgan fingerprint density at radius 1 is 1.11 bits per heavy atom. The summed E-state index contributed by atoms with van der Waals surface area (Å²) in [5, 5.41) is 5.89. The first-order valence-electron chi connectivity index (χ1n) is 13.5. The predicted molar refractivity (Wildman–Crippen MR) is 150 cm³/mol. The van der Waals surface area contributed by atoms with Crippen LogP contribution in [0.1, 0.15) is 92.8 Å². The molecule has 0 bridgehead atoms. The van der Waals surface area contributed by atoms with Crippen LogP contribution in [0.15, 0.2) is 24.3 Å². The summed E-state index contributed by atoms with van der Waals surface area (Å²) in [5.41, 5.74) is 6.20. The Morgan fingerprint density at radius 2 is 1.79 bits per heavy atom. The summed E-state index contributed by atoms with van der Waals surface area (Å²) in [5.74, 6) is -1.66. The molecular weight excluding hydrogens is 505 g/mol. The van der Waals surface area contributed by atoms with Crippen molar-refractivity contribution in [1.29, 1.82) is 0 Å². The van der Waals surface area contributed by atoms with E-state index in [0.29, 0.717) is 18.9 Å². The van der Waals surface area contributed by atoms with Gasteiger partial charge in [-0.05, 0) is 61.2 Å². The van der Waals surface area contributed by atoms with Gasteiger partial charge in [0.1, 0.15) is 16.7 Å². The SMILES string of the molecule is CC(C)CCNC(=O)C(CC(C)C)N(C(=O)c1snc(C(=O)NC2CCCCC2)c1N)c1ccccc1F. The molecule has 1 saturated carbocycles. The zero-order valence-electron chi connectivity index (χ0n) is 22.8. The Labute approximate surface area is 228 Å². The zero-order valence-corrected chi connectivity index (χ0v) is 23.6. The number of nitrogens with zero attached hydrogens (tertiary/aromatic N) is 2. The highest BCUT2D eigenvalue weighted by Crippen LogP contribution is 2.31. The van der Waals surface area contributed by atoms with Gasteiger partial charge < -0.3 is 16.4 Å². The maximum Gasteiger partial charge on any atom is 0.273 e. The molecule has 2 aromatic rings. The van der Waals surface area contributed by atoms with Gasteiger partial charge in [-0.3, -0.25) is 19.3 Å². The first-order valence-corrected chi connectivity index (χ1v) is 14.3. The Morgan fingerprint density at radius 3 is 2.42 bits per heavy atom. The fourth-order valence-electron chi connectivity index (χ4n) is 4.67. The van der Waals surface area contributed by atoms with E-state index in [1.54, 1.807) is 6.07 Å². The van der Waals surface area contributed by atoms with E-state index in [1.165, 1.54) is 23.1 Å². The number of carbonyl (C=O) groups is 3. The lowest BCUT2D eigenvalue weighted by Crippen LogP contribution is -2.51. The fraction of sp³-hybridized carbons (Fsp3) is 0.571. The van der Waals surface area contributed by atoms with Gasteiger partial charge in [0.05, 0.1) is 11.4 Å². The quantitative estimate of drug-likeness (QED) is 0.361. The number of nitrogen functional groups attached to an aromatic ring is 1. The van der Waals surface area contributed by atoms with Crippen molar-refractivity contribution in [3.8, 4) is 0 Å². The fourth-order valence-corrected chi connectivity index (χ4v) is 5.40. The number of amides is 3. The first-order chi connectivity index (χ1) is 18.1. The van der Waals surface area contributed by atoms with Crippen LogP contribution in [0.5, 0.6) is 0 Å². The molecule has 0 radical (unpaired) electrons. The standard InChI is InChI=1S/C28H40FN5O3S/c1-17(2)14-15-31-26(35)22(16-18(3)4)34(21-13-9-8-12-20(21)29)28(37)25-23(30)24(33-38-25)27(36)32-19-10-6-5-7-11-19/h8-9,12-13,17-19,22H,5-7,10-11,14-16,30H2,1-4H3,(H,31,35)(H,32,36). The Hall–Kier alpha value is -3.01. The molecule has 1 aliphatic rings. The minimum Gasteiger partial charge on any atom is -0.395 e. The Bertz CT molecular complexity index is 1110. The number of aromatic nitrogens is 1. The summed E-state index contributed by atoms with van der Waals surface area (Å²) in [4.78, 5) is 41.5. The van der Waals surface area contributed by atoms with Gasteiger partial charge in [0, 0.05) is 12.6 Å².